The third kappa shape index (κ3) is 5.19. The van der Waals surface area contributed by atoms with E-state index in [-0.39, 0.29) is 17.6 Å². The summed E-state index contributed by atoms with van der Waals surface area (Å²) in [4.78, 5) is 15.4. The van der Waals surface area contributed by atoms with Crippen molar-refractivity contribution in [2.75, 3.05) is 25.4 Å². The van der Waals surface area contributed by atoms with E-state index in [9.17, 15) is 13.2 Å². The fraction of sp³-hybridized carbons (Fsp3) is 0.947. The summed E-state index contributed by atoms with van der Waals surface area (Å²) in [6, 6.07) is 0.292. The van der Waals surface area contributed by atoms with Crippen molar-refractivity contribution in [2.24, 2.45) is 17.8 Å². The highest BCUT2D eigenvalue weighted by Gasteiger charge is 2.37. The molecule has 0 saturated carbocycles. The predicted molar refractivity (Wildman–Crippen MR) is 102 cm³/mol. The minimum atomic E-state index is -3.21. The third-order valence-electron chi connectivity index (χ3n) is 5.86. The van der Waals surface area contributed by atoms with Crippen LogP contribution in [0.25, 0.3) is 0 Å². The van der Waals surface area contributed by atoms with Crippen molar-refractivity contribution in [3.05, 3.63) is 0 Å². The molecule has 2 rings (SSSR count). The molecule has 146 valence electrons. The smallest absolute Gasteiger partial charge is 0.227 e. The first-order valence-corrected chi connectivity index (χ1v) is 11.7. The van der Waals surface area contributed by atoms with E-state index < -0.39 is 10.0 Å². The minimum absolute atomic E-state index is 0.171. The summed E-state index contributed by atoms with van der Waals surface area (Å²) in [7, 11) is -3.21. The van der Waals surface area contributed by atoms with E-state index in [4.69, 9.17) is 0 Å². The minimum Gasteiger partial charge on any atom is -0.339 e. The number of carbonyl (C=O) groups excluding carboxylic acids is 1. The Morgan fingerprint density at radius 1 is 1.12 bits per heavy atom. The molecule has 3 unspecified atom stereocenters. The van der Waals surface area contributed by atoms with E-state index in [0.717, 1.165) is 32.2 Å². The van der Waals surface area contributed by atoms with Gasteiger partial charge in [0.05, 0.1) is 11.7 Å². The Balaban J connectivity index is 2.11. The quantitative estimate of drug-likeness (QED) is 0.745. The topological polar surface area (TPSA) is 57.7 Å². The Labute approximate surface area is 154 Å². The van der Waals surface area contributed by atoms with Gasteiger partial charge < -0.3 is 4.90 Å². The van der Waals surface area contributed by atoms with Crippen LogP contribution in [0.4, 0.5) is 0 Å². The molecule has 2 saturated heterocycles. The maximum atomic E-state index is 13.3. The average Bonchev–Trinajstić information content (AvgIpc) is 2.76. The van der Waals surface area contributed by atoms with Crippen LogP contribution in [0.5, 0.6) is 0 Å². The molecule has 2 fully saturated rings. The molecule has 1 amide bonds. The lowest BCUT2D eigenvalue weighted by molar-refractivity contribution is -0.140. The monoisotopic (exact) mass is 372 g/mol. The molecule has 0 aromatic heterocycles. The number of amides is 1. The van der Waals surface area contributed by atoms with Gasteiger partial charge in [0, 0.05) is 25.7 Å². The zero-order valence-electron chi connectivity index (χ0n) is 16.4. The van der Waals surface area contributed by atoms with Gasteiger partial charge in [0.25, 0.3) is 0 Å². The molecule has 0 bridgehead atoms. The van der Waals surface area contributed by atoms with Crippen LogP contribution in [-0.4, -0.2) is 55.0 Å². The predicted octanol–water partition coefficient (Wildman–Crippen LogP) is 3.11. The zero-order valence-corrected chi connectivity index (χ0v) is 17.2. The maximum absolute atomic E-state index is 13.3. The third-order valence-corrected chi connectivity index (χ3v) is 7.90. The van der Waals surface area contributed by atoms with Gasteiger partial charge in [0.2, 0.25) is 15.9 Å². The first kappa shape index (κ1) is 20.7. The standard InChI is InChI=1S/C19H36N2O3S/c1-5-13-25(23,24)20-11-6-7-17(14-20)19(22)21-12-10-16(4)8-9-18(21)15(2)3/h15-18H,5-14H2,1-4H3. The number of rotatable bonds is 5. The summed E-state index contributed by atoms with van der Waals surface area (Å²) in [6.07, 6.45) is 5.52. The van der Waals surface area contributed by atoms with Crippen LogP contribution >= 0.6 is 0 Å². The van der Waals surface area contributed by atoms with E-state index in [1.165, 1.54) is 6.42 Å². The Bertz CT molecular complexity index is 547. The van der Waals surface area contributed by atoms with Gasteiger partial charge in [-0.15, -0.1) is 0 Å². The fourth-order valence-corrected chi connectivity index (χ4v) is 5.85. The summed E-state index contributed by atoms with van der Waals surface area (Å²) in [5, 5.41) is 0. The molecule has 25 heavy (non-hydrogen) atoms. The van der Waals surface area contributed by atoms with Gasteiger partial charge in [-0.25, -0.2) is 12.7 Å². The van der Waals surface area contributed by atoms with E-state index in [1.54, 1.807) is 4.31 Å². The second kappa shape index (κ2) is 8.85. The van der Waals surface area contributed by atoms with Crippen molar-refractivity contribution in [1.29, 1.82) is 0 Å². The van der Waals surface area contributed by atoms with Gasteiger partial charge in [-0.1, -0.05) is 27.7 Å². The number of carbonyl (C=O) groups is 1. The molecule has 5 nitrogen and oxygen atoms in total. The molecule has 2 heterocycles. The van der Waals surface area contributed by atoms with Crippen LogP contribution in [0.3, 0.4) is 0 Å². The van der Waals surface area contributed by atoms with Crippen molar-refractivity contribution in [3.8, 4) is 0 Å². The second-order valence-corrected chi connectivity index (χ2v) is 10.4. The number of hydrogen-bond acceptors (Lipinski definition) is 3. The highest BCUT2D eigenvalue weighted by Crippen LogP contribution is 2.29. The Morgan fingerprint density at radius 2 is 1.84 bits per heavy atom. The van der Waals surface area contributed by atoms with Crippen molar-refractivity contribution < 1.29 is 13.2 Å². The molecule has 2 aliphatic heterocycles. The molecule has 0 spiro atoms. The Morgan fingerprint density at radius 3 is 2.48 bits per heavy atom. The largest absolute Gasteiger partial charge is 0.339 e. The molecule has 2 aliphatic rings. The number of hydrogen-bond donors (Lipinski definition) is 0. The van der Waals surface area contributed by atoms with Gasteiger partial charge in [-0.05, 0) is 50.4 Å². The molecule has 0 aromatic carbocycles. The van der Waals surface area contributed by atoms with E-state index in [0.29, 0.717) is 37.4 Å². The van der Waals surface area contributed by atoms with Crippen LogP contribution in [-0.2, 0) is 14.8 Å². The van der Waals surface area contributed by atoms with Crippen molar-refractivity contribution >= 4 is 15.9 Å². The summed E-state index contributed by atoms with van der Waals surface area (Å²) in [6.45, 7) is 10.3. The molecule has 3 atom stereocenters. The number of likely N-dealkylation sites (tertiary alicyclic amines) is 1. The lowest BCUT2D eigenvalue weighted by Crippen LogP contribution is -2.50. The normalized spacial score (nSPS) is 29.6. The second-order valence-electron chi connectivity index (χ2n) is 8.33. The SMILES string of the molecule is CCCS(=O)(=O)N1CCCC(C(=O)N2CCC(C)CCC2C(C)C)C1. The molecule has 0 aliphatic carbocycles. The van der Waals surface area contributed by atoms with Gasteiger partial charge in [0.15, 0.2) is 0 Å². The van der Waals surface area contributed by atoms with Crippen LogP contribution in [0.1, 0.15) is 66.2 Å². The average molecular weight is 373 g/mol. The number of sulfonamides is 1. The zero-order chi connectivity index (χ0) is 18.6. The van der Waals surface area contributed by atoms with Crippen molar-refractivity contribution in [1.82, 2.24) is 9.21 Å². The van der Waals surface area contributed by atoms with E-state index in [2.05, 4.69) is 25.7 Å². The van der Waals surface area contributed by atoms with E-state index in [1.807, 2.05) is 6.92 Å². The van der Waals surface area contributed by atoms with Crippen molar-refractivity contribution in [3.63, 3.8) is 0 Å². The Hall–Kier alpha value is -0.620. The number of nitrogens with zero attached hydrogens (tertiary/aromatic N) is 2. The van der Waals surface area contributed by atoms with Crippen LogP contribution in [0.2, 0.25) is 0 Å². The lowest BCUT2D eigenvalue weighted by atomic mass is 9.93. The summed E-state index contributed by atoms with van der Waals surface area (Å²) >= 11 is 0. The van der Waals surface area contributed by atoms with Gasteiger partial charge in [-0.3, -0.25) is 4.79 Å². The molecule has 0 radical (unpaired) electrons. The van der Waals surface area contributed by atoms with E-state index >= 15 is 0 Å². The van der Waals surface area contributed by atoms with Crippen molar-refractivity contribution in [2.45, 2.75) is 72.3 Å². The molecular formula is C19H36N2O3S. The highest BCUT2D eigenvalue weighted by atomic mass is 32.2. The first-order chi connectivity index (χ1) is 11.8. The Kier molecular flexibility index (Phi) is 7.32. The highest BCUT2D eigenvalue weighted by molar-refractivity contribution is 7.89. The van der Waals surface area contributed by atoms with Gasteiger partial charge >= 0.3 is 0 Å². The van der Waals surface area contributed by atoms with Crippen LogP contribution < -0.4 is 0 Å². The van der Waals surface area contributed by atoms with Crippen LogP contribution in [0, 0.1) is 17.8 Å². The lowest BCUT2D eigenvalue weighted by Gasteiger charge is -2.38. The molecule has 0 N–H and O–H groups in total. The molecule has 0 aromatic rings. The summed E-state index contributed by atoms with van der Waals surface area (Å²) < 4.78 is 26.4. The fourth-order valence-electron chi connectivity index (χ4n) is 4.27. The van der Waals surface area contributed by atoms with Gasteiger partial charge in [0.1, 0.15) is 0 Å². The van der Waals surface area contributed by atoms with Crippen LogP contribution in [0.15, 0.2) is 0 Å². The first-order valence-electron chi connectivity index (χ1n) is 10.0. The van der Waals surface area contributed by atoms with Gasteiger partial charge in [-0.2, -0.15) is 0 Å². The summed E-state index contributed by atoms with van der Waals surface area (Å²) in [5.74, 6) is 1.30. The maximum Gasteiger partial charge on any atom is 0.227 e. The summed E-state index contributed by atoms with van der Waals surface area (Å²) in [5.41, 5.74) is 0. The molecular weight excluding hydrogens is 336 g/mol. The molecule has 6 heteroatoms. The number of piperidine rings is 1.